The van der Waals surface area contributed by atoms with Crippen LogP contribution in [0.4, 0.5) is 5.69 Å². The van der Waals surface area contributed by atoms with Crippen LogP contribution in [0.3, 0.4) is 0 Å². The third-order valence-electron chi connectivity index (χ3n) is 8.98. The second-order valence-electron chi connectivity index (χ2n) is 11.8. The molecule has 0 spiro atoms. The molecule has 42 heavy (non-hydrogen) atoms. The molecule has 1 aliphatic carbocycles. The maximum Gasteiger partial charge on any atom is 0.164 e. The van der Waals surface area contributed by atoms with Gasteiger partial charge in [-0.3, -0.25) is 0 Å². The Labute approximate surface area is 246 Å². The first-order valence-corrected chi connectivity index (χ1v) is 15.1. The summed E-state index contributed by atoms with van der Waals surface area (Å²) in [7, 11) is 0. The number of nitrogens with zero attached hydrogens (tertiary/aromatic N) is 10. The maximum atomic E-state index is 9.50. The van der Waals surface area contributed by atoms with Crippen molar-refractivity contribution in [1.82, 2.24) is 39.6 Å². The molecule has 11 heteroatoms. The van der Waals surface area contributed by atoms with Crippen molar-refractivity contribution in [3.05, 3.63) is 48.2 Å². The van der Waals surface area contributed by atoms with Gasteiger partial charge in [-0.15, -0.1) is 5.10 Å². The summed E-state index contributed by atoms with van der Waals surface area (Å²) >= 11 is 0. The zero-order valence-electron chi connectivity index (χ0n) is 24.3. The predicted octanol–water partition coefficient (Wildman–Crippen LogP) is 5.13. The largest absolute Gasteiger partial charge is 0.368 e. The molecule has 0 unspecified atom stereocenters. The number of hydrogen-bond donors (Lipinski definition) is 1. The predicted molar refractivity (Wildman–Crippen MR) is 159 cm³/mol. The number of nitrogens with one attached hydrogen (secondary N) is 1. The third-order valence-corrected chi connectivity index (χ3v) is 8.98. The molecular weight excluding hydrogens is 526 g/mol. The summed E-state index contributed by atoms with van der Waals surface area (Å²) in [6.45, 7) is 6.68. The number of rotatable bonds is 8. The molecule has 2 atom stereocenters. The fourth-order valence-electron chi connectivity index (χ4n) is 6.43. The monoisotopic (exact) mass is 563 g/mol. The Morgan fingerprint density at radius 2 is 1.90 bits per heavy atom. The molecule has 4 aromatic heterocycles. The summed E-state index contributed by atoms with van der Waals surface area (Å²) in [5.41, 5.74) is 3.48. The molecule has 11 nitrogen and oxygen atoms in total. The van der Waals surface area contributed by atoms with Crippen molar-refractivity contribution >= 4 is 16.7 Å². The van der Waals surface area contributed by atoms with Crippen LogP contribution in [0.2, 0.25) is 0 Å². The third kappa shape index (κ3) is 5.83. The van der Waals surface area contributed by atoms with E-state index in [0.29, 0.717) is 34.3 Å². The van der Waals surface area contributed by atoms with E-state index < -0.39 is 6.04 Å². The highest BCUT2D eigenvalue weighted by molar-refractivity contribution is 5.77. The van der Waals surface area contributed by atoms with Gasteiger partial charge in [0.25, 0.3) is 0 Å². The van der Waals surface area contributed by atoms with Gasteiger partial charge in [0.2, 0.25) is 0 Å². The van der Waals surface area contributed by atoms with Gasteiger partial charge >= 0.3 is 0 Å². The Balaban J connectivity index is 1.17. The average molecular weight is 564 g/mol. The minimum absolute atomic E-state index is 0.408. The second-order valence-corrected chi connectivity index (χ2v) is 11.8. The molecule has 1 saturated carbocycles. The van der Waals surface area contributed by atoms with Crippen LogP contribution in [0.5, 0.6) is 0 Å². The van der Waals surface area contributed by atoms with Crippen molar-refractivity contribution in [1.29, 1.82) is 10.5 Å². The molecule has 0 bridgehead atoms. The van der Waals surface area contributed by atoms with E-state index in [4.69, 9.17) is 0 Å². The Morgan fingerprint density at radius 1 is 1.05 bits per heavy atom. The Morgan fingerprint density at radius 3 is 2.69 bits per heavy atom. The lowest BCUT2D eigenvalue weighted by molar-refractivity contribution is 0.143. The van der Waals surface area contributed by atoms with Gasteiger partial charge in [0.1, 0.15) is 17.8 Å². The Kier molecular flexibility index (Phi) is 8.11. The average Bonchev–Trinajstić information content (AvgIpc) is 3.68. The minimum Gasteiger partial charge on any atom is -0.368 e. The van der Waals surface area contributed by atoms with Crippen LogP contribution in [0.15, 0.2) is 36.9 Å². The molecule has 0 radical (unpaired) electrons. The number of aromatic nitrogens is 7. The normalized spacial score (nSPS) is 22.0. The topological polar surface area (TPSA) is 137 Å². The zero-order chi connectivity index (χ0) is 29.1. The summed E-state index contributed by atoms with van der Waals surface area (Å²) in [6.07, 6.45) is 17.0. The Hall–Kier alpha value is -4.35. The molecule has 2 aliphatic rings. The maximum absolute atomic E-state index is 9.50. The van der Waals surface area contributed by atoms with Gasteiger partial charge in [0.05, 0.1) is 41.6 Å². The lowest BCUT2D eigenvalue weighted by atomic mass is 9.79. The first-order valence-electron chi connectivity index (χ1n) is 15.1. The van der Waals surface area contributed by atoms with E-state index in [1.165, 1.54) is 57.8 Å². The number of fused-ring (bicyclic) bond motifs is 1. The molecule has 0 aromatic carbocycles. The van der Waals surface area contributed by atoms with Gasteiger partial charge < -0.3 is 10.2 Å². The van der Waals surface area contributed by atoms with Crippen LogP contribution in [-0.4, -0.2) is 64.8 Å². The van der Waals surface area contributed by atoms with Crippen LogP contribution >= 0.6 is 0 Å². The summed E-state index contributed by atoms with van der Waals surface area (Å²) < 4.78 is 3.38. The van der Waals surface area contributed by atoms with Crippen molar-refractivity contribution in [3.63, 3.8) is 0 Å². The highest BCUT2D eigenvalue weighted by Gasteiger charge is 2.26. The first-order chi connectivity index (χ1) is 20.5. The number of nitriles is 2. The summed E-state index contributed by atoms with van der Waals surface area (Å²) in [5, 5.41) is 36.2. The Bertz CT molecular complexity index is 1620. The smallest absolute Gasteiger partial charge is 0.164 e. The number of pyridine rings is 2. The van der Waals surface area contributed by atoms with Crippen LogP contribution in [0, 0.1) is 28.6 Å². The lowest BCUT2D eigenvalue weighted by Gasteiger charge is -2.35. The zero-order valence-corrected chi connectivity index (χ0v) is 24.3. The standard InChI is InChI=1S/C31H37N11/c1-21(15-32)37-27-14-30(42-31-26(18-36-42)13-24(16-33)17-35-31)34-19-29(27)41-20-28(38-39-41)25-8-6-23(7-9-25)10-12-40-11-4-3-5-22(40)2/h13-14,17-23,25H,3-12H2,1-2H3,(H,34,37)/t21-,22+,23?,25?/m1/s1. The van der Waals surface area contributed by atoms with Crippen LogP contribution in [0.25, 0.3) is 22.5 Å². The molecule has 1 saturated heterocycles. The first kappa shape index (κ1) is 27.8. The van der Waals surface area contributed by atoms with Crippen LogP contribution < -0.4 is 5.32 Å². The van der Waals surface area contributed by atoms with E-state index in [9.17, 15) is 10.5 Å². The van der Waals surface area contributed by atoms with E-state index >= 15 is 0 Å². The van der Waals surface area contributed by atoms with Crippen molar-refractivity contribution < 1.29 is 0 Å². The van der Waals surface area contributed by atoms with Crippen LogP contribution in [-0.2, 0) is 0 Å². The lowest BCUT2D eigenvalue weighted by Crippen LogP contribution is -2.38. The van der Waals surface area contributed by atoms with E-state index in [-0.39, 0.29) is 0 Å². The van der Waals surface area contributed by atoms with Crippen molar-refractivity contribution in [2.75, 3.05) is 18.4 Å². The van der Waals surface area contributed by atoms with Gasteiger partial charge in [-0.25, -0.2) is 14.6 Å². The van der Waals surface area contributed by atoms with Gasteiger partial charge in [-0.1, -0.05) is 11.6 Å². The molecular formula is C31H37N11. The fraction of sp³-hybridized carbons (Fsp3) is 0.516. The minimum atomic E-state index is -0.434. The van der Waals surface area contributed by atoms with E-state index in [2.05, 4.69) is 54.7 Å². The fourth-order valence-corrected chi connectivity index (χ4v) is 6.43. The summed E-state index contributed by atoms with van der Waals surface area (Å²) in [6, 6.07) is 8.23. The van der Waals surface area contributed by atoms with E-state index in [1.807, 2.05) is 12.3 Å². The highest BCUT2D eigenvalue weighted by Crippen LogP contribution is 2.37. The highest BCUT2D eigenvalue weighted by atomic mass is 15.4. The number of likely N-dealkylation sites (tertiary alicyclic amines) is 1. The van der Waals surface area contributed by atoms with Gasteiger partial charge in [0, 0.05) is 29.6 Å². The number of piperidine rings is 1. The van der Waals surface area contributed by atoms with E-state index in [1.54, 1.807) is 34.7 Å². The molecule has 216 valence electrons. The quantitative estimate of drug-likeness (QED) is 0.309. The van der Waals surface area contributed by atoms with Crippen molar-refractivity contribution in [2.24, 2.45) is 5.92 Å². The summed E-state index contributed by atoms with van der Waals surface area (Å²) in [5.74, 6) is 1.74. The van der Waals surface area contributed by atoms with Crippen molar-refractivity contribution in [3.8, 4) is 23.6 Å². The van der Waals surface area contributed by atoms with Crippen molar-refractivity contribution in [2.45, 2.75) is 83.2 Å². The van der Waals surface area contributed by atoms with Gasteiger partial charge in [0.15, 0.2) is 11.5 Å². The molecule has 0 amide bonds. The molecule has 4 aromatic rings. The van der Waals surface area contributed by atoms with E-state index in [0.717, 1.165) is 35.9 Å². The van der Waals surface area contributed by atoms with Gasteiger partial charge in [-0.2, -0.15) is 20.3 Å². The molecule has 1 aliphatic heterocycles. The number of hydrogen-bond acceptors (Lipinski definition) is 9. The molecule has 6 rings (SSSR count). The molecule has 1 N–H and O–H groups in total. The molecule has 2 fully saturated rings. The van der Waals surface area contributed by atoms with Crippen LogP contribution in [0.1, 0.15) is 82.4 Å². The van der Waals surface area contributed by atoms with Gasteiger partial charge in [-0.05, 0) is 83.9 Å². The number of anilines is 1. The SMILES string of the molecule is C[C@H](C#N)Nc1cc(-n2ncc3cc(C#N)cnc32)ncc1-n1cc(C2CCC(CCN3CCCC[C@@H]3C)CC2)nn1. The second kappa shape index (κ2) is 12.3. The summed E-state index contributed by atoms with van der Waals surface area (Å²) in [4.78, 5) is 11.8. The molecule has 5 heterocycles.